The van der Waals surface area contributed by atoms with Gasteiger partial charge in [0.25, 0.3) is 11.8 Å². The SMILES string of the molecule is CC(=O)N1CC[C@H](NC(=S)C(=O)Nc2ccc(Cl)cn2)[C@H](NC(=O)c2nc3c(s2)CN(C)CC3)C1. The summed E-state index contributed by atoms with van der Waals surface area (Å²) in [5, 5.41) is 9.55. The van der Waals surface area contributed by atoms with Crippen LogP contribution in [0.4, 0.5) is 5.82 Å². The topological polar surface area (TPSA) is 120 Å². The number of aromatic nitrogens is 2. The van der Waals surface area contributed by atoms with Gasteiger partial charge in [-0.05, 0) is 25.6 Å². The molecule has 186 valence electrons. The van der Waals surface area contributed by atoms with E-state index in [4.69, 9.17) is 23.8 Å². The van der Waals surface area contributed by atoms with E-state index in [9.17, 15) is 14.4 Å². The molecular formula is C22H26ClN7O3S2. The van der Waals surface area contributed by atoms with E-state index < -0.39 is 11.9 Å². The molecule has 0 aliphatic carbocycles. The molecule has 0 saturated carbocycles. The second kappa shape index (κ2) is 10.9. The Balaban J connectivity index is 1.43. The lowest BCUT2D eigenvalue weighted by Gasteiger charge is -2.39. The second-order valence-electron chi connectivity index (χ2n) is 8.61. The lowest BCUT2D eigenvalue weighted by Crippen LogP contribution is -2.61. The fourth-order valence-corrected chi connectivity index (χ4v) is 5.47. The number of rotatable bonds is 4. The van der Waals surface area contributed by atoms with Crippen LogP contribution in [0.25, 0.3) is 0 Å². The van der Waals surface area contributed by atoms with Crippen molar-refractivity contribution in [3.8, 4) is 0 Å². The minimum atomic E-state index is -0.523. The highest BCUT2D eigenvalue weighted by Gasteiger charge is 2.34. The number of pyridine rings is 1. The fourth-order valence-electron chi connectivity index (χ4n) is 4.06. The van der Waals surface area contributed by atoms with Crippen LogP contribution in [-0.2, 0) is 22.6 Å². The molecule has 4 rings (SSSR count). The van der Waals surface area contributed by atoms with Gasteiger partial charge in [-0.15, -0.1) is 11.3 Å². The Morgan fingerprint density at radius 1 is 1.20 bits per heavy atom. The van der Waals surface area contributed by atoms with E-state index in [0.717, 1.165) is 30.1 Å². The molecule has 10 nitrogen and oxygen atoms in total. The van der Waals surface area contributed by atoms with Gasteiger partial charge in [-0.1, -0.05) is 23.8 Å². The molecule has 2 atom stereocenters. The first-order valence-corrected chi connectivity index (χ1v) is 12.8. The number of piperidine rings is 1. The van der Waals surface area contributed by atoms with Gasteiger partial charge in [-0.2, -0.15) is 0 Å². The minimum Gasteiger partial charge on any atom is -0.367 e. The summed E-state index contributed by atoms with van der Waals surface area (Å²) in [6.45, 7) is 3.97. The van der Waals surface area contributed by atoms with E-state index in [1.165, 1.54) is 24.5 Å². The van der Waals surface area contributed by atoms with Crippen molar-refractivity contribution in [2.24, 2.45) is 0 Å². The summed E-state index contributed by atoms with van der Waals surface area (Å²) in [6, 6.07) is 2.38. The second-order valence-corrected chi connectivity index (χ2v) is 10.5. The Morgan fingerprint density at radius 2 is 2.00 bits per heavy atom. The number of fused-ring (bicyclic) bond motifs is 1. The molecule has 3 N–H and O–H groups in total. The van der Waals surface area contributed by atoms with Crippen molar-refractivity contribution < 1.29 is 14.4 Å². The quantitative estimate of drug-likeness (QED) is 0.503. The van der Waals surface area contributed by atoms with Gasteiger partial charge < -0.3 is 25.8 Å². The fraction of sp³-hybridized carbons (Fsp3) is 0.455. The number of anilines is 1. The molecule has 2 aromatic heterocycles. The van der Waals surface area contributed by atoms with Crippen molar-refractivity contribution in [3.05, 3.63) is 38.9 Å². The van der Waals surface area contributed by atoms with Crippen LogP contribution >= 0.6 is 35.2 Å². The molecule has 2 aliphatic rings. The van der Waals surface area contributed by atoms with Crippen LogP contribution in [-0.4, -0.2) is 81.2 Å². The Hall–Kier alpha value is -2.67. The van der Waals surface area contributed by atoms with E-state index in [1.807, 2.05) is 7.05 Å². The van der Waals surface area contributed by atoms with Crippen LogP contribution in [0.3, 0.4) is 0 Å². The van der Waals surface area contributed by atoms with E-state index in [2.05, 4.69) is 30.8 Å². The minimum absolute atomic E-state index is 0.0324. The molecule has 0 bridgehead atoms. The van der Waals surface area contributed by atoms with Crippen molar-refractivity contribution in [1.82, 2.24) is 30.4 Å². The highest BCUT2D eigenvalue weighted by Crippen LogP contribution is 2.25. The summed E-state index contributed by atoms with van der Waals surface area (Å²) >= 11 is 12.5. The monoisotopic (exact) mass is 535 g/mol. The third-order valence-electron chi connectivity index (χ3n) is 5.98. The summed E-state index contributed by atoms with van der Waals surface area (Å²) in [7, 11) is 2.04. The van der Waals surface area contributed by atoms with E-state index in [0.29, 0.717) is 35.4 Å². The van der Waals surface area contributed by atoms with Gasteiger partial charge in [-0.25, -0.2) is 9.97 Å². The summed E-state index contributed by atoms with van der Waals surface area (Å²) in [6.07, 6.45) is 2.74. The molecule has 0 unspecified atom stereocenters. The number of hydrogen-bond donors (Lipinski definition) is 3. The first-order valence-electron chi connectivity index (χ1n) is 11.2. The number of amides is 3. The molecule has 0 aromatic carbocycles. The number of halogens is 1. The maximum absolute atomic E-state index is 13.1. The smallest absolute Gasteiger partial charge is 0.284 e. The molecule has 13 heteroatoms. The standard InChI is InChI=1S/C22H26ClN7O3S2/c1-12(31)30-8-6-14(26-21(34)19(32)28-18-4-3-13(23)9-24-18)16(10-30)25-20(33)22-27-15-5-7-29(2)11-17(15)35-22/h3-4,9,14,16H,5-8,10-11H2,1-2H3,(H,25,33)(H,26,34)(H,24,28,32)/t14-,16+/m0/s1. The number of likely N-dealkylation sites (tertiary alicyclic amines) is 1. The predicted octanol–water partition coefficient (Wildman–Crippen LogP) is 1.45. The zero-order chi connectivity index (χ0) is 25.1. The number of nitrogens with one attached hydrogen (secondary N) is 3. The Kier molecular flexibility index (Phi) is 7.95. The number of carbonyl (C=O) groups excluding carboxylic acids is 3. The van der Waals surface area contributed by atoms with Gasteiger partial charge >= 0.3 is 0 Å². The lowest BCUT2D eigenvalue weighted by atomic mass is 9.98. The van der Waals surface area contributed by atoms with Gasteiger partial charge in [0.15, 0.2) is 10.00 Å². The average Bonchev–Trinajstić information content (AvgIpc) is 3.25. The zero-order valence-electron chi connectivity index (χ0n) is 19.3. The predicted molar refractivity (Wildman–Crippen MR) is 138 cm³/mol. The van der Waals surface area contributed by atoms with Crippen LogP contribution in [0.2, 0.25) is 5.02 Å². The average molecular weight is 536 g/mol. The zero-order valence-corrected chi connectivity index (χ0v) is 21.7. The van der Waals surface area contributed by atoms with Gasteiger partial charge in [0.05, 0.1) is 22.8 Å². The summed E-state index contributed by atoms with van der Waals surface area (Å²) in [5.41, 5.74) is 0.968. The molecular weight excluding hydrogens is 510 g/mol. The number of thiocarbonyl (C=S) groups is 1. The summed E-state index contributed by atoms with van der Waals surface area (Å²) < 4.78 is 0. The van der Waals surface area contributed by atoms with Crippen molar-refractivity contribution in [2.45, 2.75) is 38.4 Å². The van der Waals surface area contributed by atoms with E-state index in [1.54, 1.807) is 17.0 Å². The lowest BCUT2D eigenvalue weighted by molar-refractivity contribution is -0.130. The van der Waals surface area contributed by atoms with Gasteiger partial charge in [-0.3, -0.25) is 14.4 Å². The van der Waals surface area contributed by atoms with Crippen molar-refractivity contribution in [2.75, 3.05) is 32.0 Å². The third-order valence-corrected chi connectivity index (χ3v) is 7.59. The molecule has 1 fully saturated rings. The van der Waals surface area contributed by atoms with Crippen molar-refractivity contribution in [1.29, 1.82) is 0 Å². The molecule has 35 heavy (non-hydrogen) atoms. The summed E-state index contributed by atoms with van der Waals surface area (Å²) in [5.74, 6) is -0.580. The van der Waals surface area contributed by atoms with Crippen LogP contribution in [0.1, 0.15) is 33.7 Å². The van der Waals surface area contributed by atoms with Crippen LogP contribution in [0.15, 0.2) is 18.3 Å². The number of carbonyl (C=O) groups is 3. The van der Waals surface area contributed by atoms with E-state index >= 15 is 0 Å². The molecule has 0 spiro atoms. The molecule has 2 aliphatic heterocycles. The maximum atomic E-state index is 13.1. The largest absolute Gasteiger partial charge is 0.367 e. The number of nitrogens with zero attached hydrogens (tertiary/aromatic N) is 4. The Labute approximate surface area is 217 Å². The Morgan fingerprint density at radius 3 is 2.71 bits per heavy atom. The maximum Gasteiger partial charge on any atom is 0.284 e. The van der Waals surface area contributed by atoms with Gasteiger partial charge in [0.2, 0.25) is 5.91 Å². The molecule has 3 amide bonds. The molecule has 1 saturated heterocycles. The van der Waals surface area contributed by atoms with Crippen LogP contribution < -0.4 is 16.0 Å². The molecule has 4 heterocycles. The van der Waals surface area contributed by atoms with Crippen molar-refractivity contribution >= 4 is 63.7 Å². The third kappa shape index (κ3) is 6.31. The molecule has 0 radical (unpaired) electrons. The molecule has 2 aromatic rings. The van der Waals surface area contributed by atoms with Crippen molar-refractivity contribution in [3.63, 3.8) is 0 Å². The van der Waals surface area contributed by atoms with Crippen LogP contribution in [0.5, 0.6) is 0 Å². The first-order chi connectivity index (χ1) is 16.7. The van der Waals surface area contributed by atoms with Gasteiger partial charge in [0, 0.05) is 50.6 Å². The van der Waals surface area contributed by atoms with Crippen LogP contribution in [0, 0.1) is 0 Å². The van der Waals surface area contributed by atoms with E-state index in [-0.39, 0.29) is 22.8 Å². The first kappa shape index (κ1) is 25.4. The number of thiazole rings is 1. The Bertz CT molecular complexity index is 1140. The normalized spacial score (nSPS) is 20.0. The highest BCUT2D eigenvalue weighted by molar-refractivity contribution is 7.82. The highest BCUT2D eigenvalue weighted by atomic mass is 35.5. The summed E-state index contributed by atoms with van der Waals surface area (Å²) in [4.78, 5) is 51.2. The number of hydrogen-bond acceptors (Lipinski definition) is 8. The number of likely N-dealkylation sites (N-methyl/N-ethyl adjacent to an activating group) is 1. The van der Waals surface area contributed by atoms with Gasteiger partial charge in [0.1, 0.15) is 5.82 Å².